The van der Waals surface area contributed by atoms with Crippen LogP contribution in [0.25, 0.3) is 10.9 Å². The Hall–Kier alpha value is -1.67. The molecule has 1 saturated carbocycles. The first-order chi connectivity index (χ1) is 17.5. The molecule has 8 heteroatoms. The van der Waals surface area contributed by atoms with Gasteiger partial charge < -0.3 is 20.0 Å². The molecule has 1 atom stereocenters. The molecule has 37 heavy (non-hydrogen) atoms. The van der Waals surface area contributed by atoms with Crippen LogP contribution in [0.2, 0.25) is 23.2 Å². The molecule has 1 aromatic carbocycles. The van der Waals surface area contributed by atoms with E-state index in [1.807, 2.05) is 18.2 Å². The monoisotopic (exact) mass is 544 g/mol. The van der Waals surface area contributed by atoms with Crippen molar-refractivity contribution in [3.63, 3.8) is 0 Å². The third kappa shape index (κ3) is 7.05. The first-order valence-corrected chi connectivity index (χ1v) is 17.3. The second kappa shape index (κ2) is 12.0. The van der Waals surface area contributed by atoms with Gasteiger partial charge in [-0.2, -0.15) is 0 Å². The molecule has 1 aliphatic heterocycles. The van der Waals surface area contributed by atoms with Crippen molar-refractivity contribution in [3.8, 4) is 0 Å². The van der Waals surface area contributed by atoms with E-state index >= 15 is 0 Å². The van der Waals surface area contributed by atoms with Gasteiger partial charge in [-0.3, -0.25) is 4.79 Å². The fourth-order valence-corrected chi connectivity index (χ4v) is 6.51. The number of nitrogens with one attached hydrogen (secondary N) is 2. The molecular formula is C29H45ClN4O2Si. The Morgan fingerprint density at radius 3 is 2.62 bits per heavy atom. The zero-order chi connectivity index (χ0) is 26.6. The lowest BCUT2D eigenvalue weighted by Crippen LogP contribution is -2.43. The van der Waals surface area contributed by atoms with Crippen molar-refractivity contribution in [1.82, 2.24) is 15.6 Å². The number of halogens is 1. The van der Waals surface area contributed by atoms with Gasteiger partial charge in [0.1, 0.15) is 5.82 Å². The third-order valence-electron chi connectivity index (χ3n) is 8.63. The number of nitrogens with zero attached hydrogens (tertiary/aromatic N) is 2. The van der Waals surface area contributed by atoms with Gasteiger partial charge in [-0.05, 0) is 67.6 Å². The van der Waals surface area contributed by atoms with Crippen molar-refractivity contribution in [1.29, 1.82) is 0 Å². The lowest BCUT2D eigenvalue weighted by molar-refractivity contribution is 0.0945. The predicted octanol–water partition coefficient (Wildman–Crippen LogP) is 6.39. The summed E-state index contributed by atoms with van der Waals surface area (Å²) in [5.41, 5.74) is 1.35. The zero-order valence-electron chi connectivity index (χ0n) is 23.3. The number of aromatic nitrogens is 1. The van der Waals surface area contributed by atoms with Crippen LogP contribution in [0.1, 0.15) is 69.7 Å². The molecular weight excluding hydrogens is 500 g/mol. The molecule has 1 amide bonds. The van der Waals surface area contributed by atoms with E-state index in [2.05, 4.69) is 49.4 Å². The van der Waals surface area contributed by atoms with Gasteiger partial charge in [-0.1, -0.05) is 51.6 Å². The summed E-state index contributed by atoms with van der Waals surface area (Å²) in [4.78, 5) is 20.3. The molecule has 1 aliphatic carbocycles. The predicted molar refractivity (Wildman–Crippen MR) is 157 cm³/mol. The molecule has 4 rings (SSSR count). The van der Waals surface area contributed by atoms with E-state index in [-0.39, 0.29) is 10.9 Å². The number of rotatable bonds is 9. The van der Waals surface area contributed by atoms with Crippen LogP contribution in [-0.2, 0) is 4.43 Å². The number of carbonyl (C=O) groups is 1. The minimum atomic E-state index is -1.70. The maximum atomic E-state index is 13.1. The van der Waals surface area contributed by atoms with Crippen molar-refractivity contribution in [2.45, 2.75) is 83.5 Å². The van der Waals surface area contributed by atoms with E-state index in [0.29, 0.717) is 22.5 Å². The standard InChI is InChI=1S/C29H45ClN4O2Si/c1-29(2,3)37(4,5)36-18-16-31-22-15-17-34(20-22)26-14-11-23-25(33-26)13-12-24(30)27(23)28(35)32-19-21-9-7-6-8-10-21/h11-14,21-22,31H,6-10,15-20H2,1-5H3,(H,32,35)/t22-/m0/s1. The molecule has 1 aromatic heterocycles. The third-order valence-corrected chi connectivity index (χ3v) is 13.5. The number of carbonyl (C=O) groups excluding carboxylic acids is 1. The highest BCUT2D eigenvalue weighted by atomic mass is 35.5. The Balaban J connectivity index is 1.34. The molecule has 2 N–H and O–H groups in total. The molecule has 0 unspecified atom stereocenters. The number of benzene rings is 1. The highest BCUT2D eigenvalue weighted by Gasteiger charge is 2.37. The molecule has 2 aromatic rings. The van der Waals surface area contributed by atoms with Gasteiger partial charge in [0.15, 0.2) is 8.32 Å². The van der Waals surface area contributed by atoms with E-state index in [4.69, 9.17) is 21.0 Å². The van der Waals surface area contributed by atoms with E-state index in [1.54, 1.807) is 6.07 Å². The quantitative estimate of drug-likeness (QED) is 0.283. The van der Waals surface area contributed by atoms with Crippen LogP contribution in [0.3, 0.4) is 0 Å². The highest BCUT2D eigenvalue weighted by Crippen LogP contribution is 2.36. The lowest BCUT2D eigenvalue weighted by Gasteiger charge is -2.36. The second-order valence-corrected chi connectivity index (χ2v) is 17.6. The van der Waals surface area contributed by atoms with Crippen LogP contribution in [0, 0.1) is 5.92 Å². The van der Waals surface area contributed by atoms with Crippen LogP contribution in [0.5, 0.6) is 0 Å². The smallest absolute Gasteiger partial charge is 0.253 e. The van der Waals surface area contributed by atoms with Crippen molar-refractivity contribution in [2.24, 2.45) is 5.92 Å². The van der Waals surface area contributed by atoms with E-state index < -0.39 is 8.32 Å². The number of hydrogen-bond acceptors (Lipinski definition) is 5. The minimum Gasteiger partial charge on any atom is -0.416 e. The SMILES string of the molecule is CC(C)(C)[Si](C)(C)OCCN[C@H]1CCN(c2ccc3c(C(=O)NCC4CCCCC4)c(Cl)ccc3n2)C1. The number of pyridine rings is 1. The number of amides is 1. The van der Waals surface area contributed by atoms with Gasteiger partial charge in [-0.25, -0.2) is 4.98 Å². The summed E-state index contributed by atoms with van der Waals surface area (Å²) in [5.74, 6) is 1.43. The molecule has 0 spiro atoms. The fraction of sp³-hybridized carbons (Fsp3) is 0.655. The van der Waals surface area contributed by atoms with Gasteiger partial charge in [0.25, 0.3) is 5.91 Å². The topological polar surface area (TPSA) is 66.5 Å². The average molecular weight is 545 g/mol. The first-order valence-electron chi connectivity index (χ1n) is 14.0. The summed E-state index contributed by atoms with van der Waals surface area (Å²) in [6, 6.07) is 8.18. The second-order valence-electron chi connectivity index (χ2n) is 12.4. The van der Waals surface area contributed by atoms with Crippen molar-refractivity contribution in [3.05, 3.63) is 34.9 Å². The molecule has 1 saturated heterocycles. The van der Waals surface area contributed by atoms with Crippen LogP contribution < -0.4 is 15.5 Å². The van der Waals surface area contributed by atoms with Crippen molar-refractivity contribution < 1.29 is 9.22 Å². The summed E-state index contributed by atoms with van der Waals surface area (Å²) in [6.45, 7) is 15.7. The maximum absolute atomic E-state index is 13.1. The minimum absolute atomic E-state index is 0.0962. The normalized spacial score (nSPS) is 19.5. The summed E-state index contributed by atoms with van der Waals surface area (Å²) in [6.07, 6.45) is 7.32. The zero-order valence-corrected chi connectivity index (χ0v) is 25.1. The Morgan fingerprint density at radius 1 is 1.14 bits per heavy atom. The Morgan fingerprint density at radius 2 is 1.89 bits per heavy atom. The van der Waals surface area contributed by atoms with E-state index in [0.717, 1.165) is 55.9 Å². The maximum Gasteiger partial charge on any atom is 0.253 e. The summed E-state index contributed by atoms with van der Waals surface area (Å²) < 4.78 is 6.31. The molecule has 2 heterocycles. The van der Waals surface area contributed by atoms with Gasteiger partial charge in [0, 0.05) is 44.2 Å². The number of hydrogen-bond donors (Lipinski definition) is 2. The lowest BCUT2D eigenvalue weighted by atomic mass is 9.89. The first kappa shape index (κ1) is 28.3. The number of fused-ring (bicyclic) bond motifs is 1. The molecule has 6 nitrogen and oxygen atoms in total. The van der Waals surface area contributed by atoms with Crippen LogP contribution in [0.4, 0.5) is 5.82 Å². The van der Waals surface area contributed by atoms with Crippen LogP contribution in [-0.4, -0.2) is 58.0 Å². The fourth-order valence-electron chi connectivity index (χ4n) is 5.21. The molecule has 0 bridgehead atoms. The molecule has 204 valence electrons. The van der Waals surface area contributed by atoms with Gasteiger partial charge in [0.2, 0.25) is 0 Å². The average Bonchev–Trinajstić information content (AvgIpc) is 3.34. The van der Waals surface area contributed by atoms with Crippen LogP contribution >= 0.6 is 11.6 Å². The summed E-state index contributed by atoms with van der Waals surface area (Å²) in [5, 5.41) is 8.34. The molecule has 2 fully saturated rings. The largest absolute Gasteiger partial charge is 0.416 e. The summed E-state index contributed by atoms with van der Waals surface area (Å²) >= 11 is 6.50. The Kier molecular flexibility index (Phi) is 9.20. The summed E-state index contributed by atoms with van der Waals surface area (Å²) in [7, 11) is -1.70. The molecule has 2 aliphatic rings. The van der Waals surface area contributed by atoms with Gasteiger partial charge >= 0.3 is 0 Å². The van der Waals surface area contributed by atoms with Crippen molar-refractivity contribution >= 4 is 42.5 Å². The Bertz CT molecular complexity index is 1080. The molecule has 0 radical (unpaired) electrons. The van der Waals surface area contributed by atoms with Crippen LogP contribution in [0.15, 0.2) is 24.3 Å². The number of anilines is 1. The van der Waals surface area contributed by atoms with E-state index in [9.17, 15) is 4.79 Å². The highest BCUT2D eigenvalue weighted by molar-refractivity contribution is 6.74. The van der Waals surface area contributed by atoms with Crippen molar-refractivity contribution in [2.75, 3.05) is 37.7 Å². The van der Waals surface area contributed by atoms with Gasteiger partial charge in [-0.15, -0.1) is 0 Å². The van der Waals surface area contributed by atoms with E-state index in [1.165, 1.54) is 32.1 Å². The van der Waals surface area contributed by atoms with Gasteiger partial charge in [0.05, 0.1) is 16.1 Å². The Labute approximate surface area is 229 Å².